The molecule has 1 aliphatic carbocycles. The van der Waals surface area contributed by atoms with Crippen LogP contribution in [-0.2, 0) is 6.54 Å². The molecule has 0 radical (unpaired) electrons. The van der Waals surface area contributed by atoms with Crippen molar-refractivity contribution >= 4 is 34.8 Å². The van der Waals surface area contributed by atoms with Crippen molar-refractivity contribution in [1.29, 1.82) is 0 Å². The summed E-state index contributed by atoms with van der Waals surface area (Å²) in [6.45, 7) is 0.779. The van der Waals surface area contributed by atoms with Gasteiger partial charge in [0.05, 0.1) is 5.02 Å². The highest BCUT2D eigenvalue weighted by Crippen LogP contribution is 2.33. The first-order chi connectivity index (χ1) is 10.1. The molecule has 3 rings (SSSR count). The zero-order valence-electron chi connectivity index (χ0n) is 11.2. The lowest BCUT2D eigenvalue weighted by atomic mass is 10.2. The van der Waals surface area contributed by atoms with Crippen molar-refractivity contribution in [2.75, 3.05) is 0 Å². The highest BCUT2D eigenvalue weighted by molar-refractivity contribution is 6.34. The number of halogens is 3. The van der Waals surface area contributed by atoms with E-state index in [1.54, 1.807) is 24.3 Å². The van der Waals surface area contributed by atoms with E-state index in [1.807, 2.05) is 12.1 Å². The molecule has 0 aromatic heterocycles. The Morgan fingerprint density at radius 1 is 1.00 bits per heavy atom. The minimum atomic E-state index is 0.509. The van der Waals surface area contributed by atoms with E-state index in [0.29, 0.717) is 32.6 Å². The maximum absolute atomic E-state index is 6.29. The molecular formula is C16H14Cl3NO. The van der Waals surface area contributed by atoms with Crippen molar-refractivity contribution in [2.24, 2.45) is 0 Å². The fourth-order valence-electron chi connectivity index (χ4n) is 1.96. The second-order valence-corrected chi connectivity index (χ2v) is 6.34. The molecule has 1 fully saturated rings. The molecule has 2 aromatic rings. The van der Waals surface area contributed by atoms with Gasteiger partial charge in [-0.25, -0.2) is 0 Å². The van der Waals surface area contributed by atoms with Crippen LogP contribution in [0.4, 0.5) is 0 Å². The summed E-state index contributed by atoms with van der Waals surface area (Å²) in [6, 6.07) is 11.4. The van der Waals surface area contributed by atoms with Gasteiger partial charge in [-0.1, -0.05) is 40.9 Å². The molecule has 2 nitrogen and oxygen atoms in total. The van der Waals surface area contributed by atoms with Gasteiger partial charge in [0.15, 0.2) is 0 Å². The second kappa shape index (κ2) is 6.45. The lowest BCUT2D eigenvalue weighted by Crippen LogP contribution is -2.15. The summed E-state index contributed by atoms with van der Waals surface area (Å²) in [4.78, 5) is 0. The Morgan fingerprint density at radius 2 is 1.81 bits per heavy atom. The van der Waals surface area contributed by atoms with Gasteiger partial charge < -0.3 is 10.1 Å². The number of benzene rings is 2. The first-order valence-corrected chi connectivity index (χ1v) is 7.90. The Bertz CT molecular complexity index is 656. The Balaban J connectivity index is 1.73. The molecule has 0 atom stereocenters. The SMILES string of the molecule is Clc1ccc(Cl)c(Oc2ccc(CNC3CC3)c(Cl)c2)c1. The maximum Gasteiger partial charge on any atom is 0.147 e. The largest absolute Gasteiger partial charge is 0.456 e. The molecule has 0 unspecified atom stereocenters. The van der Waals surface area contributed by atoms with Gasteiger partial charge in [-0.2, -0.15) is 0 Å². The summed E-state index contributed by atoms with van der Waals surface area (Å²) in [5, 5.41) is 5.20. The molecule has 110 valence electrons. The van der Waals surface area contributed by atoms with Crippen LogP contribution in [0.2, 0.25) is 15.1 Å². The average molecular weight is 343 g/mol. The van der Waals surface area contributed by atoms with Crippen LogP contribution in [0, 0.1) is 0 Å². The monoisotopic (exact) mass is 341 g/mol. The van der Waals surface area contributed by atoms with Gasteiger partial charge in [-0.15, -0.1) is 0 Å². The van der Waals surface area contributed by atoms with E-state index >= 15 is 0 Å². The lowest BCUT2D eigenvalue weighted by molar-refractivity contribution is 0.482. The van der Waals surface area contributed by atoms with E-state index in [9.17, 15) is 0 Å². The number of ether oxygens (including phenoxy) is 1. The molecular weight excluding hydrogens is 329 g/mol. The van der Waals surface area contributed by atoms with Crippen molar-refractivity contribution in [3.63, 3.8) is 0 Å². The molecule has 21 heavy (non-hydrogen) atoms. The Morgan fingerprint density at radius 3 is 2.52 bits per heavy atom. The standard InChI is InChI=1S/C16H14Cl3NO/c17-11-2-6-14(18)16(7-11)21-13-5-1-10(15(19)8-13)9-20-12-3-4-12/h1-2,5-8,12,20H,3-4,9H2. The fraction of sp³-hybridized carbons (Fsp3) is 0.250. The summed E-state index contributed by atoms with van der Waals surface area (Å²) in [5.74, 6) is 1.16. The normalized spacial score (nSPS) is 14.2. The first-order valence-electron chi connectivity index (χ1n) is 6.76. The number of rotatable bonds is 5. The zero-order valence-corrected chi connectivity index (χ0v) is 13.5. The van der Waals surface area contributed by atoms with Crippen molar-refractivity contribution in [3.05, 3.63) is 57.0 Å². The molecule has 0 bridgehead atoms. The predicted molar refractivity (Wildman–Crippen MR) is 87.8 cm³/mol. The molecule has 0 saturated heterocycles. The Kier molecular flexibility index (Phi) is 4.60. The van der Waals surface area contributed by atoms with Gasteiger partial charge in [0.25, 0.3) is 0 Å². The Hall–Kier alpha value is -0.930. The van der Waals surface area contributed by atoms with Gasteiger partial charge in [-0.3, -0.25) is 0 Å². The molecule has 1 aliphatic rings. The zero-order chi connectivity index (χ0) is 14.8. The lowest BCUT2D eigenvalue weighted by Gasteiger charge is -2.11. The van der Waals surface area contributed by atoms with Crippen molar-refractivity contribution in [2.45, 2.75) is 25.4 Å². The third-order valence-electron chi connectivity index (χ3n) is 3.30. The topological polar surface area (TPSA) is 21.3 Å². The van der Waals surface area contributed by atoms with Crippen molar-refractivity contribution in [3.8, 4) is 11.5 Å². The quantitative estimate of drug-likeness (QED) is 0.753. The first kappa shape index (κ1) is 15.0. The molecule has 5 heteroatoms. The highest BCUT2D eigenvalue weighted by atomic mass is 35.5. The number of hydrogen-bond donors (Lipinski definition) is 1. The van der Waals surface area contributed by atoms with Crippen LogP contribution in [0.25, 0.3) is 0 Å². The molecule has 0 heterocycles. The van der Waals surface area contributed by atoms with Crippen LogP contribution in [0.1, 0.15) is 18.4 Å². The highest BCUT2D eigenvalue weighted by Gasteiger charge is 2.20. The summed E-state index contributed by atoms with van der Waals surface area (Å²) < 4.78 is 5.74. The summed E-state index contributed by atoms with van der Waals surface area (Å²) in [6.07, 6.45) is 2.51. The minimum absolute atomic E-state index is 0.509. The van der Waals surface area contributed by atoms with Crippen LogP contribution < -0.4 is 10.1 Å². The van der Waals surface area contributed by atoms with Gasteiger partial charge in [0, 0.05) is 28.7 Å². The average Bonchev–Trinajstić information content (AvgIpc) is 3.26. The van der Waals surface area contributed by atoms with Gasteiger partial charge >= 0.3 is 0 Å². The third kappa shape index (κ3) is 4.04. The number of hydrogen-bond acceptors (Lipinski definition) is 2. The van der Waals surface area contributed by atoms with Crippen LogP contribution in [0.5, 0.6) is 11.5 Å². The predicted octanol–water partition coefficient (Wildman–Crippen LogP) is 5.69. The molecule has 0 aliphatic heterocycles. The third-order valence-corrected chi connectivity index (χ3v) is 4.20. The molecule has 2 aromatic carbocycles. The van der Waals surface area contributed by atoms with E-state index in [1.165, 1.54) is 12.8 Å². The van der Waals surface area contributed by atoms with E-state index in [-0.39, 0.29) is 0 Å². The van der Waals surface area contributed by atoms with Crippen molar-refractivity contribution < 1.29 is 4.74 Å². The van der Waals surface area contributed by atoms with Gasteiger partial charge in [0.1, 0.15) is 11.5 Å². The van der Waals surface area contributed by atoms with Crippen molar-refractivity contribution in [1.82, 2.24) is 5.32 Å². The van der Waals surface area contributed by atoms with Crippen LogP contribution >= 0.6 is 34.8 Å². The minimum Gasteiger partial charge on any atom is -0.456 e. The van der Waals surface area contributed by atoms with Gasteiger partial charge in [0.2, 0.25) is 0 Å². The number of nitrogens with one attached hydrogen (secondary N) is 1. The van der Waals surface area contributed by atoms with Gasteiger partial charge in [-0.05, 0) is 42.7 Å². The van der Waals surface area contributed by atoms with E-state index in [0.717, 1.165) is 12.1 Å². The second-order valence-electron chi connectivity index (χ2n) is 5.09. The van der Waals surface area contributed by atoms with Crippen LogP contribution in [-0.4, -0.2) is 6.04 Å². The fourth-order valence-corrected chi connectivity index (χ4v) is 2.51. The molecule has 0 amide bonds. The van der Waals surface area contributed by atoms with E-state index in [4.69, 9.17) is 39.5 Å². The molecule has 0 spiro atoms. The summed E-state index contributed by atoms with van der Waals surface area (Å²) in [7, 11) is 0. The Labute approximate surface area is 139 Å². The molecule has 1 N–H and O–H groups in total. The van der Waals surface area contributed by atoms with Crippen LogP contribution in [0.15, 0.2) is 36.4 Å². The summed E-state index contributed by atoms with van der Waals surface area (Å²) in [5.41, 5.74) is 1.06. The van der Waals surface area contributed by atoms with E-state index in [2.05, 4.69) is 5.32 Å². The van der Waals surface area contributed by atoms with E-state index < -0.39 is 0 Å². The smallest absolute Gasteiger partial charge is 0.147 e. The maximum atomic E-state index is 6.29. The van der Waals surface area contributed by atoms with Crippen LogP contribution in [0.3, 0.4) is 0 Å². The molecule has 1 saturated carbocycles. The summed E-state index contributed by atoms with van der Waals surface area (Å²) >= 11 is 18.3.